The minimum atomic E-state index is -4.44. The van der Waals surface area contributed by atoms with E-state index in [4.69, 9.17) is 4.74 Å². The molecule has 2 aromatic carbocycles. The van der Waals surface area contributed by atoms with Crippen molar-refractivity contribution in [3.05, 3.63) is 76.3 Å². The average Bonchev–Trinajstić information content (AvgIpc) is 3.52. The molecule has 0 bridgehead atoms. The van der Waals surface area contributed by atoms with Crippen LogP contribution in [-0.4, -0.2) is 82.1 Å². The molecule has 2 heterocycles. The molecular formula is C30H35F5N4O5S2. The molecule has 0 aliphatic carbocycles. The quantitative estimate of drug-likeness (QED) is 0.225. The van der Waals surface area contributed by atoms with E-state index in [-0.39, 0.29) is 35.3 Å². The van der Waals surface area contributed by atoms with Crippen molar-refractivity contribution >= 4 is 32.2 Å². The fraction of sp³-hybridized carbons (Fsp3) is 0.467. The largest absolute Gasteiger partial charge is 0.416 e. The summed E-state index contributed by atoms with van der Waals surface area (Å²) >= 11 is 1.08. The van der Waals surface area contributed by atoms with Crippen molar-refractivity contribution in [2.45, 2.75) is 50.2 Å². The number of aromatic nitrogens is 1. The van der Waals surface area contributed by atoms with Gasteiger partial charge in [-0.15, -0.1) is 0 Å². The number of hydrogen-bond donors (Lipinski definition) is 1. The number of carbonyl (C=O) groups is 1. The van der Waals surface area contributed by atoms with Crippen molar-refractivity contribution in [2.75, 3.05) is 50.1 Å². The molecule has 0 saturated carbocycles. The second kappa shape index (κ2) is 15.6. The van der Waals surface area contributed by atoms with E-state index in [2.05, 4.69) is 15.0 Å². The molecule has 1 aromatic heterocycles. The Balaban J connectivity index is 1.45. The Morgan fingerprint density at radius 3 is 2.39 bits per heavy atom. The van der Waals surface area contributed by atoms with E-state index in [0.717, 1.165) is 23.5 Å². The van der Waals surface area contributed by atoms with Gasteiger partial charge in [0.05, 0.1) is 47.7 Å². The van der Waals surface area contributed by atoms with E-state index in [0.29, 0.717) is 42.5 Å². The zero-order chi connectivity index (χ0) is 33.5. The third-order valence-corrected chi connectivity index (χ3v) is 10.2. The molecule has 1 aliphatic rings. The van der Waals surface area contributed by atoms with E-state index in [1.165, 1.54) is 30.5 Å². The maximum absolute atomic E-state index is 13.3. The van der Waals surface area contributed by atoms with Gasteiger partial charge in [0.15, 0.2) is 15.0 Å². The number of sulfone groups is 1. The van der Waals surface area contributed by atoms with Crippen LogP contribution in [0.1, 0.15) is 46.3 Å². The van der Waals surface area contributed by atoms with Gasteiger partial charge in [-0.25, -0.2) is 13.4 Å². The second-order valence-electron chi connectivity index (χ2n) is 10.5. The van der Waals surface area contributed by atoms with Crippen LogP contribution in [0.4, 0.5) is 27.1 Å². The van der Waals surface area contributed by atoms with Gasteiger partial charge in [0.1, 0.15) is 4.88 Å². The number of benzene rings is 2. The number of amides is 1. The topological polar surface area (TPSA) is 101 Å². The smallest absolute Gasteiger partial charge is 0.379 e. The summed E-state index contributed by atoms with van der Waals surface area (Å²) in [5, 5.41) is 3.34. The molecule has 1 aliphatic heterocycles. The third kappa shape index (κ3) is 9.44. The van der Waals surface area contributed by atoms with Crippen molar-refractivity contribution in [1.29, 1.82) is 0 Å². The molecule has 0 unspecified atom stereocenters. The molecule has 252 valence electrons. The van der Waals surface area contributed by atoms with Crippen molar-refractivity contribution in [3.63, 3.8) is 0 Å². The fourth-order valence-corrected chi connectivity index (χ4v) is 6.76. The molecule has 9 nitrogen and oxygen atoms in total. The Kier molecular flexibility index (Phi) is 12.1. The summed E-state index contributed by atoms with van der Waals surface area (Å²) in [6.07, 6.45) is -3.05. The Morgan fingerprint density at radius 2 is 1.78 bits per heavy atom. The minimum Gasteiger partial charge on any atom is -0.379 e. The number of nitrogens with zero attached hydrogens (tertiary/aromatic N) is 3. The molecule has 16 heteroatoms. The summed E-state index contributed by atoms with van der Waals surface area (Å²) in [5.74, 6) is -0.484. The number of alkyl halides is 5. The zero-order valence-corrected chi connectivity index (χ0v) is 26.8. The van der Waals surface area contributed by atoms with Gasteiger partial charge < -0.3 is 19.7 Å². The monoisotopic (exact) mass is 690 g/mol. The average molecular weight is 691 g/mol. The number of hydrogen-bond acceptors (Lipinski definition) is 9. The lowest BCUT2D eigenvalue weighted by Crippen LogP contribution is -2.55. The van der Waals surface area contributed by atoms with Gasteiger partial charge in [0, 0.05) is 32.8 Å². The first-order chi connectivity index (χ1) is 21.8. The van der Waals surface area contributed by atoms with Gasteiger partial charge in [0.2, 0.25) is 0 Å². The van der Waals surface area contributed by atoms with Gasteiger partial charge in [-0.05, 0) is 42.3 Å². The highest BCUT2D eigenvalue weighted by Gasteiger charge is 2.32. The molecule has 1 N–H and O–H groups in total. The van der Waals surface area contributed by atoms with Gasteiger partial charge in [-0.1, -0.05) is 42.5 Å². The highest BCUT2D eigenvalue weighted by Crippen LogP contribution is 2.31. The number of piperazine rings is 1. The van der Waals surface area contributed by atoms with Crippen molar-refractivity contribution in [2.24, 2.45) is 0 Å². The van der Waals surface area contributed by atoms with Gasteiger partial charge in [-0.2, -0.15) is 22.0 Å². The Labute approximate surface area is 268 Å². The Hall–Kier alpha value is -3.18. The van der Waals surface area contributed by atoms with Crippen molar-refractivity contribution < 1.29 is 44.6 Å². The first kappa shape index (κ1) is 35.7. The van der Waals surface area contributed by atoms with Crippen LogP contribution in [-0.2, 0) is 32.0 Å². The normalized spacial score (nSPS) is 17.0. The zero-order valence-electron chi connectivity index (χ0n) is 25.2. The van der Waals surface area contributed by atoms with Crippen LogP contribution in [0.5, 0.6) is 0 Å². The summed E-state index contributed by atoms with van der Waals surface area (Å²) < 4.78 is 99.4. The van der Waals surface area contributed by atoms with Gasteiger partial charge in [0.25, 0.3) is 5.91 Å². The molecule has 1 amide bonds. The Morgan fingerprint density at radius 1 is 1.09 bits per heavy atom. The van der Waals surface area contributed by atoms with E-state index in [1.54, 1.807) is 24.0 Å². The minimum absolute atomic E-state index is 0.0392. The van der Waals surface area contributed by atoms with Crippen LogP contribution in [0.2, 0.25) is 0 Å². The van der Waals surface area contributed by atoms with Crippen LogP contribution in [0.15, 0.2) is 59.6 Å². The fourth-order valence-electron chi connectivity index (χ4n) is 4.96. The van der Waals surface area contributed by atoms with Crippen LogP contribution >= 0.6 is 11.3 Å². The summed E-state index contributed by atoms with van der Waals surface area (Å²) in [6.45, 7) is 1.98. The molecule has 1 fully saturated rings. The van der Waals surface area contributed by atoms with E-state index in [9.17, 15) is 35.2 Å². The lowest BCUT2D eigenvalue weighted by molar-refractivity contribution is -0.137. The van der Waals surface area contributed by atoms with E-state index >= 15 is 0 Å². The lowest BCUT2D eigenvalue weighted by atomic mass is 10.1. The predicted octanol–water partition coefficient (Wildman–Crippen LogP) is 5.39. The number of thiazole rings is 1. The summed E-state index contributed by atoms with van der Waals surface area (Å²) in [7, 11) is -3.39. The third-order valence-electron chi connectivity index (χ3n) is 7.45. The first-order valence-electron chi connectivity index (χ1n) is 14.5. The molecule has 0 radical (unpaired) electrons. The highest BCUT2D eigenvalue weighted by atomic mass is 32.2. The van der Waals surface area contributed by atoms with Crippen molar-refractivity contribution in [3.8, 4) is 0 Å². The van der Waals surface area contributed by atoms with Crippen LogP contribution in [0.25, 0.3) is 0 Å². The number of nitrogens with one attached hydrogen (secondary N) is 1. The first-order valence-corrected chi connectivity index (χ1v) is 17.0. The van der Waals surface area contributed by atoms with Gasteiger partial charge >= 0.3 is 12.8 Å². The molecule has 0 spiro atoms. The molecule has 2 atom stereocenters. The highest BCUT2D eigenvalue weighted by molar-refractivity contribution is 7.91. The number of ether oxygens (including phenoxy) is 2. The van der Waals surface area contributed by atoms with Gasteiger partial charge in [-0.3, -0.25) is 9.69 Å². The molecule has 4 rings (SSSR count). The number of rotatable bonds is 14. The summed E-state index contributed by atoms with van der Waals surface area (Å²) in [4.78, 5) is 21.8. The molecule has 3 aromatic rings. The maximum atomic E-state index is 13.3. The number of carbonyl (C=O) groups excluding carboxylic acids is 1. The second-order valence-corrected chi connectivity index (χ2v) is 13.8. The summed E-state index contributed by atoms with van der Waals surface area (Å²) in [5.41, 5.74) is 0.541. The lowest BCUT2D eigenvalue weighted by Gasteiger charge is -2.41. The Bertz CT molecular complexity index is 1540. The standard InChI is InChI=1S/C30H35F5N4O5S2/c1-3-43-19-25(21-7-11-24(12-8-21)46(41,42)4-2)37-27(40)26-15-36-29(45-26)39-14-13-38(17-23(39)18-44-28(31)32)16-20-5-9-22(10-6-20)30(33,34)35/h5-12,15,23,25,28H,3-4,13-14,16-19H2,1-2H3,(H,37,40)/t23-,25-/m0/s1. The SMILES string of the molecule is CCOC[C@H](NC(=O)c1cnc(N2CCN(Cc3ccc(C(F)(F)F)cc3)C[C@H]2COC(F)F)s1)c1ccc(S(=O)(=O)CC)cc1. The molecule has 1 saturated heterocycles. The van der Waals surface area contributed by atoms with Crippen LogP contribution < -0.4 is 10.2 Å². The summed E-state index contributed by atoms with van der Waals surface area (Å²) in [6, 6.07) is 9.89. The molecule has 46 heavy (non-hydrogen) atoms. The van der Waals surface area contributed by atoms with Crippen LogP contribution in [0, 0.1) is 0 Å². The van der Waals surface area contributed by atoms with E-state index < -0.39 is 46.2 Å². The van der Waals surface area contributed by atoms with Crippen molar-refractivity contribution in [1.82, 2.24) is 15.2 Å². The van der Waals surface area contributed by atoms with E-state index in [1.807, 2.05) is 11.8 Å². The molecular weight excluding hydrogens is 655 g/mol. The number of halogens is 5. The predicted molar refractivity (Wildman–Crippen MR) is 163 cm³/mol. The maximum Gasteiger partial charge on any atom is 0.416 e. The number of anilines is 1. The van der Waals surface area contributed by atoms with Crippen LogP contribution in [0.3, 0.4) is 0 Å².